The second-order valence-corrected chi connectivity index (χ2v) is 5.13. The van der Waals surface area contributed by atoms with Crippen molar-refractivity contribution in [1.29, 1.82) is 0 Å². The predicted octanol–water partition coefficient (Wildman–Crippen LogP) is 0.472. The molecular formula is C15H30O7. The number of carbonyl (C=O) groups is 2. The van der Waals surface area contributed by atoms with Crippen molar-refractivity contribution in [3.8, 4) is 0 Å². The zero-order chi connectivity index (χ0) is 17.4. The zero-order valence-electron chi connectivity index (χ0n) is 13.2. The van der Waals surface area contributed by atoms with Crippen molar-refractivity contribution in [2.75, 3.05) is 6.61 Å². The highest BCUT2D eigenvalue weighted by atomic mass is 16.4. The first kappa shape index (κ1) is 23.2. The van der Waals surface area contributed by atoms with Gasteiger partial charge in [0.15, 0.2) is 6.29 Å². The van der Waals surface area contributed by atoms with Crippen molar-refractivity contribution in [3.05, 3.63) is 0 Å². The topological polar surface area (TPSA) is 135 Å². The summed E-state index contributed by atoms with van der Waals surface area (Å²) in [5.74, 6) is -0.663. The Morgan fingerprint density at radius 1 is 1.00 bits per heavy atom. The van der Waals surface area contributed by atoms with Crippen LogP contribution in [0.2, 0.25) is 0 Å². The standard InChI is InChI=1S/C10H20O2.C5H10O5/c1-2-3-4-5-6-7-8-9-10(11)12;6-1-3(8)5(10)4(9)2-7/h2-9H2,1H3,(H,11,12);1,3-5,7-10H,2H2/t;3-,4+,5-/m.0/s1. The normalized spacial score (nSPS) is 14.4. The number of carbonyl (C=O) groups excluding carboxylic acids is 1. The molecule has 0 aliphatic rings. The molecular weight excluding hydrogens is 292 g/mol. The largest absolute Gasteiger partial charge is 0.481 e. The molecule has 22 heavy (non-hydrogen) atoms. The Balaban J connectivity index is 0. The number of carboxylic acid groups (broad SMARTS) is 1. The lowest BCUT2D eigenvalue weighted by molar-refractivity contribution is -0.137. The van der Waals surface area contributed by atoms with Crippen LogP contribution in [0.1, 0.15) is 58.3 Å². The van der Waals surface area contributed by atoms with Gasteiger partial charge < -0.3 is 30.3 Å². The molecule has 0 spiro atoms. The summed E-state index contributed by atoms with van der Waals surface area (Å²) in [5, 5.41) is 42.4. The van der Waals surface area contributed by atoms with E-state index in [1.165, 1.54) is 32.1 Å². The molecule has 0 amide bonds. The lowest BCUT2D eigenvalue weighted by atomic mass is 10.1. The molecule has 0 saturated carbocycles. The first-order valence-electron chi connectivity index (χ1n) is 7.72. The molecule has 0 unspecified atom stereocenters. The van der Waals surface area contributed by atoms with Gasteiger partial charge in [-0.05, 0) is 6.42 Å². The molecule has 0 radical (unpaired) electrons. The summed E-state index contributed by atoms with van der Waals surface area (Å²) in [6, 6.07) is 0. The highest BCUT2D eigenvalue weighted by Crippen LogP contribution is 2.07. The second kappa shape index (κ2) is 16.4. The summed E-state index contributed by atoms with van der Waals surface area (Å²) >= 11 is 0. The van der Waals surface area contributed by atoms with E-state index >= 15 is 0 Å². The smallest absolute Gasteiger partial charge is 0.303 e. The third-order valence-electron chi connectivity index (χ3n) is 3.06. The molecule has 132 valence electrons. The van der Waals surface area contributed by atoms with E-state index in [1.807, 2.05) is 0 Å². The van der Waals surface area contributed by atoms with Gasteiger partial charge >= 0.3 is 5.97 Å². The number of carboxylic acids is 1. The molecule has 0 aromatic rings. The molecule has 5 N–H and O–H groups in total. The number of aldehydes is 1. The Morgan fingerprint density at radius 2 is 1.50 bits per heavy atom. The third kappa shape index (κ3) is 15.4. The Labute approximate surface area is 131 Å². The zero-order valence-corrected chi connectivity index (χ0v) is 13.2. The predicted molar refractivity (Wildman–Crippen MR) is 81.4 cm³/mol. The van der Waals surface area contributed by atoms with E-state index < -0.39 is 30.9 Å². The van der Waals surface area contributed by atoms with Gasteiger partial charge in [-0.3, -0.25) is 4.79 Å². The number of rotatable bonds is 12. The van der Waals surface area contributed by atoms with Crippen molar-refractivity contribution in [3.63, 3.8) is 0 Å². The third-order valence-corrected chi connectivity index (χ3v) is 3.06. The van der Waals surface area contributed by atoms with Crippen LogP contribution >= 0.6 is 0 Å². The second-order valence-electron chi connectivity index (χ2n) is 5.13. The van der Waals surface area contributed by atoms with E-state index in [9.17, 15) is 9.59 Å². The van der Waals surface area contributed by atoms with Crippen LogP contribution in [0.15, 0.2) is 0 Å². The number of aliphatic hydroxyl groups is 4. The van der Waals surface area contributed by atoms with Crippen molar-refractivity contribution in [2.24, 2.45) is 0 Å². The Hall–Kier alpha value is -1.02. The van der Waals surface area contributed by atoms with Crippen molar-refractivity contribution in [1.82, 2.24) is 0 Å². The fourth-order valence-electron chi connectivity index (χ4n) is 1.65. The number of hydrogen-bond donors (Lipinski definition) is 5. The molecule has 0 fully saturated rings. The quantitative estimate of drug-likeness (QED) is 0.260. The van der Waals surface area contributed by atoms with E-state index in [0.29, 0.717) is 6.42 Å². The van der Waals surface area contributed by atoms with E-state index in [-0.39, 0.29) is 6.29 Å². The number of aliphatic carboxylic acids is 1. The molecule has 0 aromatic heterocycles. The van der Waals surface area contributed by atoms with Gasteiger partial charge in [0.05, 0.1) is 6.61 Å². The first-order chi connectivity index (χ1) is 10.4. The molecule has 3 atom stereocenters. The molecule has 7 heteroatoms. The van der Waals surface area contributed by atoms with Crippen LogP contribution in [-0.2, 0) is 9.59 Å². The van der Waals surface area contributed by atoms with Gasteiger partial charge in [0.1, 0.15) is 18.3 Å². The van der Waals surface area contributed by atoms with Gasteiger partial charge in [-0.15, -0.1) is 0 Å². The van der Waals surface area contributed by atoms with E-state index in [4.69, 9.17) is 25.5 Å². The minimum absolute atomic E-state index is 0.0869. The van der Waals surface area contributed by atoms with Crippen molar-refractivity contribution in [2.45, 2.75) is 76.6 Å². The average molecular weight is 322 g/mol. The number of unbranched alkanes of at least 4 members (excludes halogenated alkanes) is 6. The average Bonchev–Trinajstić information content (AvgIpc) is 2.52. The fourth-order valence-corrected chi connectivity index (χ4v) is 1.65. The molecule has 0 bridgehead atoms. The van der Waals surface area contributed by atoms with Crippen LogP contribution in [-0.4, -0.2) is 62.7 Å². The Morgan fingerprint density at radius 3 is 1.91 bits per heavy atom. The maximum Gasteiger partial charge on any atom is 0.303 e. The van der Waals surface area contributed by atoms with Crippen LogP contribution in [0.3, 0.4) is 0 Å². The first-order valence-corrected chi connectivity index (χ1v) is 7.72. The molecule has 0 saturated heterocycles. The minimum Gasteiger partial charge on any atom is -0.481 e. The summed E-state index contributed by atoms with van der Waals surface area (Å²) in [6.45, 7) is 1.51. The van der Waals surface area contributed by atoms with Crippen LogP contribution in [0.5, 0.6) is 0 Å². The van der Waals surface area contributed by atoms with E-state index in [1.54, 1.807) is 0 Å². The Kier molecular flexibility index (Phi) is 17.3. The number of hydrogen-bond acceptors (Lipinski definition) is 6. The van der Waals surface area contributed by atoms with Crippen LogP contribution in [0, 0.1) is 0 Å². The van der Waals surface area contributed by atoms with Gasteiger partial charge in [-0.25, -0.2) is 0 Å². The molecule has 0 aliphatic carbocycles. The monoisotopic (exact) mass is 322 g/mol. The molecule has 0 heterocycles. The lowest BCUT2D eigenvalue weighted by Crippen LogP contribution is -2.40. The maximum atomic E-state index is 10.1. The van der Waals surface area contributed by atoms with Gasteiger partial charge in [-0.2, -0.15) is 0 Å². The Bertz CT molecular complexity index is 271. The minimum atomic E-state index is -1.64. The summed E-state index contributed by atoms with van der Waals surface area (Å²) < 4.78 is 0. The van der Waals surface area contributed by atoms with Gasteiger partial charge in [-0.1, -0.05) is 45.4 Å². The van der Waals surface area contributed by atoms with E-state index in [2.05, 4.69) is 6.92 Å². The molecule has 0 aromatic carbocycles. The molecule has 0 aliphatic heterocycles. The number of aliphatic hydroxyl groups excluding tert-OH is 4. The highest BCUT2D eigenvalue weighted by Gasteiger charge is 2.22. The lowest BCUT2D eigenvalue weighted by Gasteiger charge is -2.16. The summed E-state index contributed by atoms with van der Waals surface area (Å²) in [5.41, 5.74) is 0. The van der Waals surface area contributed by atoms with Crippen LogP contribution in [0.25, 0.3) is 0 Å². The van der Waals surface area contributed by atoms with Gasteiger partial charge in [0.25, 0.3) is 0 Å². The summed E-state index contributed by atoms with van der Waals surface area (Å²) in [6.07, 6.45) is 4.01. The highest BCUT2D eigenvalue weighted by molar-refractivity contribution is 5.66. The molecule has 7 nitrogen and oxygen atoms in total. The van der Waals surface area contributed by atoms with E-state index in [0.717, 1.165) is 12.8 Å². The SMILES string of the molecule is CCCCCCCCCC(=O)O.O=C[C@H](O)[C@H](O)[C@H](O)CO. The van der Waals surface area contributed by atoms with Crippen LogP contribution < -0.4 is 0 Å². The van der Waals surface area contributed by atoms with Gasteiger partial charge in [0, 0.05) is 6.42 Å². The van der Waals surface area contributed by atoms with Gasteiger partial charge in [0.2, 0.25) is 0 Å². The van der Waals surface area contributed by atoms with Crippen molar-refractivity contribution >= 4 is 12.3 Å². The summed E-state index contributed by atoms with van der Waals surface area (Å²) in [4.78, 5) is 19.9. The van der Waals surface area contributed by atoms with Crippen molar-refractivity contribution < 1.29 is 35.1 Å². The van der Waals surface area contributed by atoms with Crippen LogP contribution in [0.4, 0.5) is 0 Å². The molecule has 0 rings (SSSR count). The maximum absolute atomic E-state index is 10.1. The fraction of sp³-hybridized carbons (Fsp3) is 0.867. The summed E-state index contributed by atoms with van der Waals surface area (Å²) in [7, 11) is 0.